The van der Waals surface area contributed by atoms with E-state index in [0.29, 0.717) is 18.8 Å². The molecule has 0 radical (unpaired) electrons. The van der Waals surface area contributed by atoms with E-state index in [0.717, 1.165) is 0 Å². The minimum absolute atomic E-state index is 0.0217. The van der Waals surface area contributed by atoms with E-state index in [4.69, 9.17) is 37.8 Å². The summed E-state index contributed by atoms with van der Waals surface area (Å²) in [5.74, 6) is 0.302. The topological polar surface area (TPSA) is 78.6 Å². The second kappa shape index (κ2) is 6.49. The van der Waals surface area contributed by atoms with Crippen LogP contribution in [-0.2, 0) is 14.8 Å². The van der Waals surface area contributed by atoms with Crippen LogP contribution in [0, 0.1) is 0 Å². The number of primary sulfonamides is 1. The predicted molar refractivity (Wildman–Crippen MR) is 79.0 cm³/mol. The maximum Gasteiger partial charge on any atom is 0.239 e. The predicted octanol–water partition coefficient (Wildman–Crippen LogP) is 2.83. The van der Waals surface area contributed by atoms with Gasteiger partial charge in [-0.15, -0.1) is 0 Å². The summed E-state index contributed by atoms with van der Waals surface area (Å²) >= 11 is 11.9. The first-order chi connectivity index (χ1) is 9.08. The van der Waals surface area contributed by atoms with Gasteiger partial charge in [0.1, 0.15) is 15.7 Å². The smallest absolute Gasteiger partial charge is 0.239 e. The molecule has 0 fully saturated rings. The summed E-state index contributed by atoms with van der Waals surface area (Å²) in [5, 5.41) is 4.90. The molecule has 0 heterocycles. The molecule has 1 aromatic rings. The van der Waals surface area contributed by atoms with Gasteiger partial charge in [-0.3, -0.25) is 0 Å². The lowest BCUT2D eigenvalue weighted by atomic mass is 10.1. The lowest BCUT2D eigenvalue weighted by Crippen LogP contribution is -2.25. The van der Waals surface area contributed by atoms with Crippen molar-refractivity contribution in [2.75, 3.05) is 13.7 Å². The fraction of sp³-hybridized carbons (Fsp3) is 0.500. The van der Waals surface area contributed by atoms with E-state index in [9.17, 15) is 8.42 Å². The second-order valence-electron chi connectivity index (χ2n) is 4.80. The van der Waals surface area contributed by atoms with E-state index in [2.05, 4.69) is 0 Å². The highest BCUT2D eigenvalue weighted by molar-refractivity contribution is 7.89. The number of hydrogen-bond donors (Lipinski definition) is 1. The van der Waals surface area contributed by atoms with Gasteiger partial charge in [0.15, 0.2) is 0 Å². The molecule has 0 aliphatic heterocycles. The zero-order valence-electron chi connectivity index (χ0n) is 11.4. The van der Waals surface area contributed by atoms with Crippen molar-refractivity contribution in [1.29, 1.82) is 0 Å². The number of methoxy groups -OCH3 is 1. The number of nitrogens with two attached hydrogens (primary N) is 1. The largest absolute Gasteiger partial charge is 0.492 e. The molecule has 0 aromatic heterocycles. The third-order valence-corrected chi connectivity index (χ3v) is 4.76. The van der Waals surface area contributed by atoms with Crippen LogP contribution >= 0.6 is 23.2 Å². The zero-order chi connectivity index (χ0) is 15.6. The molecule has 0 unspecified atom stereocenters. The van der Waals surface area contributed by atoms with E-state index in [1.807, 2.05) is 13.8 Å². The molecular weight excluding hydrogens is 325 g/mol. The van der Waals surface area contributed by atoms with E-state index in [1.165, 1.54) is 12.1 Å². The van der Waals surface area contributed by atoms with Gasteiger partial charge in [0, 0.05) is 13.5 Å². The van der Waals surface area contributed by atoms with Crippen molar-refractivity contribution in [1.82, 2.24) is 0 Å². The highest BCUT2D eigenvalue weighted by Crippen LogP contribution is 2.36. The van der Waals surface area contributed by atoms with Crippen LogP contribution in [0.3, 0.4) is 0 Å². The fourth-order valence-electron chi connectivity index (χ4n) is 1.35. The molecule has 0 spiro atoms. The summed E-state index contributed by atoms with van der Waals surface area (Å²) < 4.78 is 33.3. The monoisotopic (exact) mass is 341 g/mol. The van der Waals surface area contributed by atoms with Crippen molar-refractivity contribution in [3.05, 3.63) is 22.2 Å². The SMILES string of the molecule is COC(C)(C)CCOc1ccc(S(N)(=O)=O)c(Cl)c1Cl. The van der Waals surface area contributed by atoms with E-state index in [-0.39, 0.29) is 20.5 Å². The van der Waals surface area contributed by atoms with Crippen LogP contribution in [0.1, 0.15) is 20.3 Å². The molecule has 0 saturated carbocycles. The van der Waals surface area contributed by atoms with Crippen molar-refractivity contribution >= 4 is 33.2 Å². The van der Waals surface area contributed by atoms with Crippen LogP contribution in [0.25, 0.3) is 0 Å². The summed E-state index contributed by atoms with van der Waals surface area (Å²) in [6, 6.07) is 2.69. The Kier molecular flexibility index (Phi) is 5.69. The van der Waals surface area contributed by atoms with Gasteiger partial charge in [-0.05, 0) is 26.0 Å². The minimum Gasteiger partial charge on any atom is -0.492 e. The first kappa shape index (κ1) is 17.5. The van der Waals surface area contributed by atoms with Gasteiger partial charge in [-0.2, -0.15) is 0 Å². The number of halogens is 2. The second-order valence-corrected chi connectivity index (χ2v) is 7.08. The lowest BCUT2D eigenvalue weighted by molar-refractivity contribution is 0.00546. The van der Waals surface area contributed by atoms with E-state index in [1.54, 1.807) is 7.11 Å². The molecule has 0 aliphatic carbocycles. The lowest BCUT2D eigenvalue weighted by Gasteiger charge is -2.22. The molecule has 0 saturated heterocycles. The summed E-state index contributed by atoms with van der Waals surface area (Å²) in [6.45, 7) is 4.20. The van der Waals surface area contributed by atoms with Gasteiger partial charge in [0.05, 0.1) is 17.2 Å². The highest BCUT2D eigenvalue weighted by atomic mass is 35.5. The first-order valence-electron chi connectivity index (χ1n) is 5.77. The Bertz CT molecular complexity index is 587. The number of hydrogen-bond acceptors (Lipinski definition) is 4. The van der Waals surface area contributed by atoms with E-state index >= 15 is 0 Å². The third-order valence-electron chi connectivity index (χ3n) is 2.83. The van der Waals surface area contributed by atoms with Gasteiger partial charge < -0.3 is 9.47 Å². The Hall–Kier alpha value is -0.530. The van der Waals surface area contributed by atoms with E-state index < -0.39 is 10.0 Å². The summed E-state index contributed by atoms with van der Waals surface area (Å²) in [7, 11) is -2.30. The molecule has 5 nitrogen and oxygen atoms in total. The average molecular weight is 342 g/mol. The van der Waals surface area contributed by atoms with Crippen LogP contribution in [0.15, 0.2) is 17.0 Å². The van der Waals surface area contributed by atoms with Crippen LogP contribution in [0.4, 0.5) is 0 Å². The summed E-state index contributed by atoms with van der Waals surface area (Å²) in [6.07, 6.45) is 0.633. The maximum atomic E-state index is 11.3. The number of sulfonamides is 1. The quantitative estimate of drug-likeness (QED) is 0.862. The molecule has 0 atom stereocenters. The molecule has 114 valence electrons. The standard InChI is InChI=1S/C12H17Cl2NO4S/c1-12(2,18-3)6-7-19-8-4-5-9(20(15,16)17)11(14)10(8)13/h4-5H,6-7H2,1-3H3,(H2,15,16,17). The minimum atomic E-state index is -3.91. The normalized spacial score (nSPS) is 12.5. The zero-order valence-corrected chi connectivity index (χ0v) is 13.8. The Labute approximate surface area is 129 Å². The van der Waals surface area contributed by atoms with Gasteiger partial charge in [0.2, 0.25) is 10.0 Å². The maximum absolute atomic E-state index is 11.3. The molecule has 1 aromatic carbocycles. The molecule has 0 bridgehead atoms. The van der Waals surface area contributed by atoms with Gasteiger partial charge in [-0.25, -0.2) is 13.6 Å². The molecule has 2 N–H and O–H groups in total. The van der Waals surface area contributed by atoms with Crippen LogP contribution in [0.5, 0.6) is 5.75 Å². The van der Waals surface area contributed by atoms with Crippen molar-refractivity contribution in [2.24, 2.45) is 5.14 Å². The Morgan fingerprint density at radius 3 is 2.35 bits per heavy atom. The molecule has 1 rings (SSSR count). The Balaban J connectivity index is 2.87. The van der Waals surface area contributed by atoms with Crippen molar-refractivity contribution in [2.45, 2.75) is 30.8 Å². The van der Waals surface area contributed by atoms with Crippen molar-refractivity contribution in [3.8, 4) is 5.75 Å². The molecule has 8 heteroatoms. The summed E-state index contributed by atoms with van der Waals surface area (Å²) in [4.78, 5) is -0.228. The average Bonchev–Trinajstić information content (AvgIpc) is 2.33. The van der Waals surface area contributed by atoms with Crippen molar-refractivity contribution in [3.63, 3.8) is 0 Å². The molecule has 20 heavy (non-hydrogen) atoms. The Morgan fingerprint density at radius 2 is 1.85 bits per heavy atom. The summed E-state index contributed by atoms with van der Waals surface area (Å²) in [5.41, 5.74) is -0.323. The Morgan fingerprint density at radius 1 is 1.25 bits per heavy atom. The molecule has 0 aliphatic rings. The number of benzene rings is 1. The third kappa shape index (κ3) is 4.49. The van der Waals surface area contributed by atoms with Gasteiger partial charge >= 0.3 is 0 Å². The van der Waals surface area contributed by atoms with Crippen molar-refractivity contribution < 1.29 is 17.9 Å². The van der Waals surface area contributed by atoms with Crippen LogP contribution in [0.2, 0.25) is 10.0 Å². The highest BCUT2D eigenvalue weighted by Gasteiger charge is 2.20. The fourth-order valence-corrected chi connectivity index (χ4v) is 2.72. The molecular formula is C12H17Cl2NO4S. The number of rotatable bonds is 6. The first-order valence-corrected chi connectivity index (χ1v) is 8.07. The van der Waals surface area contributed by atoms with Gasteiger partial charge in [-0.1, -0.05) is 23.2 Å². The van der Waals surface area contributed by atoms with Crippen LogP contribution in [-0.4, -0.2) is 27.7 Å². The molecule has 0 amide bonds. The van der Waals surface area contributed by atoms with Gasteiger partial charge in [0.25, 0.3) is 0 Å². The number of ether oxygens (including phenoxy) is 2. The van der Waals surface area contributed by atoms with Crippen LogP contribution < -0.4 is 9.88 Å².